The van der Waals surface area contributed by atoms with Gasteiger partial charge in [-0.3, -0.25) is 10.1 Å². The van der Waals surface area contributed by atoms with Gasteiger partial charge in [-0.25, -0.2) is 4.98 Å². The number of nitrogens with zero attached hydrogens (tertiary/aromatic N) is 3. The number of rotatable bonds is 4. The van der Waals surface area contributed by atoms with Gasteiger partial charge in [0.1, 0.15) is 23.6 Å². The molecule has 2 aromatic rings. The predicted molar refractivity (Wildman–Crippen MR) is 90.7 cm³/mol. The van der Waals surface area contributed by atoms with Gasteiger partial charge in [-0.15, -0.1) is 0 Å². The van der Waals surface area contributed by atoms with Crippen LogP contribution in [0.25, 0.3) is 0 Å². The third kappa shape index (κ3) is 3.51. The zero-order valence-electron chi connectivity index (χ0n) is 13.2. The lowest BCUT2D eigenvalue weighted by molar-refractivity contribution is -0.385. The fourth-order valence-electron chi connectivity index (χ4n) is 3.24. The molecule has 122 valence electrons. The Kier molecular flexibility index (Phi) is 4.71. The molecule has 6 heteroatoms. The Balaban J connectivity index is 1.64. The van der Waals surface area contributed by atoms with E-state index in [0.29, 0.717) is 11.7 Å². The molecule has 0 unspecified atom stereocenters. The second-order valence-electron chi connectivity index (χ2n) is 6.06. The molecule has 0 bridgehead atoms. The maximum Gasteiger partial charge on any atom is 0.289 e. The Hall–Kier alpha value is -2.94. The monoisotopic (exact) mass is 322 g/mol. The van der Waals surface area contributed by atoms with E-state index in [4.69, 9.17) is 0 Å². The Morgan fingerprint density at radius 1 is 1.21 bits per heavy atom. The fourth-order valence-corrected chi connectivity index (χ4v) is 3.24. The van der Waals surface area contributed by atoms with Crippen molar-refractivity contribution < 1.29 is 4.92 Å². The summed E-state index contributed by atoms with van der Waals surface area (Å²) in [5, 5.41) is 23.3. The SMILES string of the molecule is N#Cc1cc([N+](=O)[O-])cnc1NC1CCC(c2ccccc2)CC1. The van der Waals surface area contributed by atoms with E-state index < -0.39 is 4.92 Å². The smallest absolute Gasteiger partial charge is 0.289 e. The van der Waals surface area contributed by atoms with Gasteiger partial charge in [0.25, 0.3) is 5.69 Å². The molecule has 0 aliphatic heterocycles. The van der Waals surface area contributed by atoms with Crippen LogP contribution in [0.2, 0.25) is 0 Å². The van der Waals surface area contributed by atoms with Crippen molar-refractivity contribution >= 4 is 11.5 Å². The summed E-state index contributed by atoms with van der Waals surface area (Å²) in [7, 11) is 0. The Morgan fingerprint density at radius 3 is 2.54 bits per heavy atom. The van der Waals surface area contributed by atoms with E-state index in [1.165, 1.54) is 17.8 Å². The van der Waals surface area contributed by atoms with E-state index in [2.05, 4.69) is 34.6 Å². The van der Waals surface area contributed by atoms with Crippen molar-refractivity contribution in [3.05, 3.63) is 63.8 Å². The Labute approximate surface area is 140 Å². The van der Waals surface area contributed by atoms with Gasteiger partial charge in [0.15, 0.2) is 0 Å². The van der Waals surface area contributed by atoms with Gasteiger partial charge in [0.2, 0.25) is 0 Å². The first-order valence-electron chi connectivity index (χ1n) is 8.03. The van der Waals surface area contributed by atoms with E-state index in [-0.39, 0.29) is 17.3 Å². The van der Waals surface area contributed by atoms with Crippen molar-refractivity contribution in [1.82, 2.24) is 4.98 Å². The molecule has 0 spiro atoms. The first-order chi connectivity index (χ1) is 11.7. The molecule has 1 aromatic carbocycles. The molecule has 1 aliphatic carbocycles. The Morgan fingerprint density at radius 2 is 1.92 bits per heavy atom. The highest BCUT2D eigenvalue weighted by molar-refractivity contribution is 5.56. The summed E-state index contributed by atoms with van der Waals surface area (Å²) in [6.07, 6.45) is 5.33. The minimum absolute atomic E-state index is 0.162. The molecular formula is C18H18N4O2. The number of nitrogens with one attached hydrogen (secondary N) is 1. The van der Waals surface area contributed by atoms with E-state index in [1.807, 2.05) is 12.1 Å². The predicted octanol–water partition coefficient (Wildman–Crippen LogP) is 4.00. The number of nitriles is 1. The van der Waals surface area contributed by atoms with Crippen molar-refractivity contribution in [2.24, 2.45) is 0 Å². The topological polar surface area (TPSA) is 91.8 Å². The summed E-state index contributed by atoms with van der Waals surface area (Å²) in [5.74, 6) is 1.01. The zero-order valence-corrected chi connectivity index (χ0v) is 13.2. The third-order valence-electron chi connectivity index (χ3n) is 4.54. The number of hydrogen-bond acceptors (Lipinski definition) is 5. The van der Waals surface area contributed by atoms with Crippen LogP contribution in [0.5, 0.6) is 0 Å². The van der Waals surface area contributed by atoms with Gasteiger partial charge in [0.05, 0.1) is 4.92 Å². The lowest BCUT2D eigenvalue weighted by atomic mass is 9.82. The lowest BCUT2D eigenvalue weighted by Crippen LogP contribution is -2.26. The third-order valence-corrected chi connectivity index (χ3v) is 4.54. The first kappa shape index (κ1) is 15.9. The van der Waals surface area contributed by atoms with Crippen LogP contribution in [0.15, 0.2) is 42.6 Å². The molecular weight excluding hydrogens is 304 g/mol. The maximum absolute atomic E-state index is 10.8. The largest absolute Gasteiger partial charge is 0.366 e. The van der Waals surface area contributed by atoms with Gasteiger partial charge in [-0.1, -0.05) is 30.3 Å². The van der Waals surface area contributed by atoms with Crippen LogP contribution >= 0.6 is 0 Å². The number of nitro groups is 1. The van der Waals surface area contributed by atoms with Crippen molar-refractivity contribution in [3.63, 3.8) is 0 Å². The van der Waals surface area contributed by atoms with Gasteiger partial charge in [0, 0.05) is 12.1 Å². The first-order valence-corrected chi connectivity index (χ1v) is 8.03. The van der Waals surface area contributed by atoms with Crippen LogP contribution in [0, 0.1) is 21.4 Å². The highest BCUT2D eigenvalue weighted by atomic mass is 16.6. The van der Waals surface area contributed by atoms with E-state index in [1.54, 1.807) is 0 Å². The molecule has 1 fully saturated rings. The molecule has 6 nitrogen and oxygen atoms in total. The molecule has 1 saturated carbocycles. The number of anilines is 1. The Bertz CT molecular complexity index is 762. The van der Waals surface area contributed by atoms with Crippen LogP contribution in [0.3, 0.4) is 0 Å². The summed E-state index contributed by atoms with van der Waals surface area (Å²) in [4.78, 5) is 14.3. The fraction of sp³-hybridized carbons (Fsp3) is 0.333. The highest BCUT2D eigenvalue weighted by Crippen LogP contribution is 2.34. The second-order valence-corrected chi connectivity index (χ2v) is 6.06. The number of pyridine rings is 1. The van der Waals surface area contributed by atoms with Gasteiger partial charge >= 0.3 is 0 Å². The summed E-state index contributed by atoms with van der Waals surface area (Å²) >= 11 is 0. The molecule has 24 heavy (non-hydrogen) atoms. The van der Waals surface area contributed by atoms with Crippen LogP contribution in [-0.2, 0) is 0 Å². The van der Waals surface area contributed by atoms with Crippen molar-refractivity contribution in [3.8, 4) is 6.07 Å². The minimum Gasteiger partial charge on any atom is -0.366 e. The lowest BCUT2D eigenvalue weighted by Gasteiger charge is -2.29. The van der Waals surface area contributed by atoms with Crippen LogP contribution in [-0.4, -0.2) is 15.9 Å². The van der Waals surface area contributed by atoms with E-state index in [9.17, 15) is 15.4 Å². The molecule has 1 N–H and O–H groups in total. The number of aromatic nitrogens is 1. The van der Waals surface area contributed by atoms with Crippen molar-refractivity contribution in [2.75, 3.05) is 5.32 Å². The molecule has 0 radical (unpaired) electrons. The molecule has 1 heterocycles. The summed E-state index contributed by atoms with van der Waals surface area (Å²) < 4.78 is 0. The van der Waals surface area contributed by atoms with Crippen molar-refractivity contribution in [2.45, 2.75) is 37.6 Å². The summed E-state index contributed by atoms with van der Waals surface area (Å²) in [6, 6.07) is 14.0. The summed E-state index contributed by atoms with van der Waals surface area (Å²) in [6.45, 7) is 0. The normalized spacial score (nSPS) is 20.1. The number of hydrogen-bond donors (Lipinski definition) is 1. The molecule has 0 amide bonds. The number of benzene rings is 1. The van der Waals surface area contributed by atoms with Crippen LogP contribution in [0.1, 0.15) is 42.7 Å². The van der Waals surface area contributed by atoms with Gasteiger partial charge in [-0.05, 0) is 37.2 Å². The average Bonchev–Trinajstić information content (AvgIpc) is 2.63. The molecule has 0 saturated heterocycles. The van der Waals surface area contributed by atoms with Gasteiger partial charge in [-0.2, -0.15) is 5.26 Å². The van der Waals surface area contributed by atoms with Crippen LogP contribution in [0.4, 0.5) is 11.5 Å². The van der Waals surface area contributed by atoms with E-state index in [0.717, 1.165) is 25.7 Å². The maximum atomic E-state index is 10.8. The molecule has 0 atom stereocenters. The quantitative estimate of drug-likeness (QED) is 0.678. The zero-order chi connectivity index (χ0) is 16.9. The van der Waals surface area contributed by atoms with Gasteiger partial charge < -0.3 is 5.32 Å². The second kappa shape index (κ2) is 7.09. The summed E-state index contributed by atoms with van der Waals surface area (Å²) in [5.41, 5.74) is 1.43. The molecule has 1 aromatic heterocycles. The average molecular weight is 322 g/mol. The van der Waals surface area contributed by atoms with Crippen LogP contribution < -0.4 is 5.32 Å². The molecule has 3 rings (SSSR count). The highest BCUT2D eigenvalue weighted by Gasteiger charge is 2.23. The standard InChI is InChI=1S/C18H18N4O2/c19-11-15-10-17(22(23)24)12-20-18(15)21-16-8-6-14(7-9-16)13-4-2-1-3-5-13/h1-5,10,12,14,16H,6-9H2,(H,20,21). The minimum atomic E-state index is -0.539. The molecule has 1 aliphatic rings. The van der Waals surface area contributed by atoms with Crippen molar-refractivity contribution in [1.29, 1.82) is 5.26 Å². The van der Waals surface area contributed by atoms with E-state index >= 15 is 0 Å².